The van der Waals surface area contributed by atoms with E-state index in [0.717, 1.165) is 49.6 Å². The summed E-state index contributed by atoms with van der Waals surface area (Å²) < 4.78 is 3.29. The Hall–Kier alpha value is -2.57. The fraction of sp³-hybridized carbons (Fsp3) is 0.609. The molecular formula is C23H32N4O3. The fourth-order valence-corrected chi connectivity index (χ4v) is 4.92. The Morgan fingerprint density at radius 1 is 0.967 bits per heavy atom. The zero-order chi connectivity index (χ0) is 21.1. The highest BCUT2D eigenvalue weighted by atomic mass is 16.2. The molecule has 2 aromatic rings. The van der Waals surface area contributed by atoms with Gasteiger partial charge in [0.05, 0.1) is 11.0 Å². The minimum Gasteiger partial charge on any atom is -0.353 e. The van der Waals surface area contributed by atoms with Gasteiger partial charge in [-0.1, -0.05) is 31.4 Å². The fourth-order valence-electron chi connectivity index (χ4n) is 4.92. The zero-order valence-corrected chi connectivity index (χ0v) is 17.8. The number of nitrogens with one attached hydrogen (secondary N) is 1. The van der Waals surface area contributed by atoms with Crippen LogP contribution >= 0.6 is 0 Å². The molecule has 1 saturated carbocycles. The average molecular weight is 413 g/mol. The van der Waals surface area contributed by atoms with Gasteiger partial charge in [-0.15, -0.1) is 0 Å². The summed E-state index contributed by atoms with van der Waals surface area (Å²) >= 11 is 0. The van der Waals surface area contributed by atoms with Gasteiger partial charge in [0.1, 0.15) is 6.54 Å². The van der Waals surface area contributed by atoms with Gasteiger partial charge in [0.25, 0.3) is 0 Å². The van der Waals surface area contributed by atoms with Crippen molar-refractivity contribution in [2.75, 3.05) is 13.1 Å². The van der Waals surface area contributed by atoms with E-state index in [-0.39, 0.29) is 36.0 Å². The number of aromatic nitrogens is 2. The van der Waals surface area contributed by atoms with Crippen LogP contribution in [0.25, 0.3) is 11.0 Å². The number of imidazole rings is 1. The maximum Gasteiger partial charge on any atom is 0.329 e. The predicted octanol–water partition coefficient (Wildman–Crippen LogP) is 2.51. The van der Waals surface area contributed by atoms with Crippen LogP contribution in [0.15, 0.2) is 29.1 Å². The number of hydrogen-bond acceptors (Lipinski definition) is 3. The largest absolute Gasteiger partial charge is 0.353 e. The van der Waals surface area contributed by atoms with Crippen molar-refractivity contribution < 1.29 is 9.59 Å². The van der Waals surface area contributed by atoms with Crippen LogP contribution in [0.4, 0.5) is 0 Å². The summed E-state index contributed by atoms with van der Waals surface area (Å²) in [7, 11) is 0. The molecular weight excluding hydrogens is 380 g/mol. The molecule has 0 radical (unpaired) electrons. The number of rotatable bonds is 5. The number of piperidine rings is 1. The molecule has 2 heterocycles. The van der Waals surface area contributed by atoms with Gasteiger partial charge in [0.2, 0.25) is 11.8 Å². The molecule has 1 aliphatic carbocycles. The third-order valence-corrected chi connectivity index (χ3v) is 6.70. The van der Waals surface area contributed by atoms with Crippen LogP contribution in [-0.4, -0.2) is 45.0 Å². The Morgan fingerprint density at radius 2 is 1.60 bits per heavy atom. The number of aryl methyl sites for hydroxylation is 1. The second-order valence-electron chi connectivity index (χ2n) is 8.60. The molecule has 1 saturated heterocycles. The molecule has 162 valence electrons. The molecule has 1 N–H and O–H groups in total. The summed E-state index contributed by atoms with van der Waals surface area (Å²) in [6.45, 7) is 3.82. The summed E-state index contributed by atoms with van der Waals surface area (Å²) in [5, 5.41) is 3.21. The van der Waals surface area contributed by atoms with Crippen LogP contribution in [0.1, 0.15) is 51.9 Å². The normalized spacial score (nSPS) is 18.6. The van der Waals surface area contributed by atoms with Crippen LogP contribution in [0, 0.1) is 5.92 Å². The number of benzene rings is 1. The van der Waals surface area contributed by atoms with Crippen LogP contribution in [0.5, 0.6) is 0 Å². The van der Waals surface area contributed by atoms with Crippen molar-refractivity contribution in [1.82, 2.24) is 19.4 Å². The van der Waals surface area contributed by atoms with E-state index in [1.165, 1.54) is 6.42 Å². The van der Waals surface area contributed by atoms with Crippen LogP contribution in [0.2, 0.25) is 0 Å². The van der Waals surface area contributed by atoms with E-state index in [1.807, 2.05) is 36.1 Å². The number of carbonyl (C=O) groups is 2. The maximum atomic E-state index is 12.9. The third-order valence-electron chi connectivity index (χ3n) is 6.70. The van der Waals surface area contributed by atoms with Gasteiger partial charge in [0, 0.05) is 31.6 Å². The number of hydrogen-bond donors (Lipinski definition) is 1. The van der Waals surface area contributed by atoms with Gasteiger partial charge in [-0.25, -0.2) is 4.79 Å². The molecule has 0 unspecified atom stereocenters. The number of fused-ring (bicyclic) bond motifs is 1. The maximum absolute atomic E-state index is 12.9. The SMILES string of the molecule is CCn1c(=O)n(CC(=O)N2CCC(NC(=O)C3CCCCC3)CC2)c2ccccc21. The Labute approximate surface area is 177 Å². The summed E-state index contributed by atoms with van der Waals surface area (Å²) in [6, 6.07) is 7.76. The molecule has 2 fully saturated rings. The Morgan fingerprint density at radius 3 is 2.23 bits per heavy atom. The number of likely N-dealkylation sites (tertiary alicyclic amines) is 1. The summed E-state index contributed by atoms with van der Waals surface area (Å²) in [4.78, 5) is 40.0. The second kappa shape index (κ2) is 9.06. The molecule has 7 heteroatoms. The van der Waals surface area contributed by atoms with Crippen molar-refractivity contribution in [3.8, 4) is 0 Å². The van der Waals surface area contributed by atoms with Crippen molar-refractivity contribution in [1.29, 1.82) is 0 Å². The zero-order valence-electron chi connectivity index (χ0n) is 17.8. The molecule has 0 atom stereocenters. The Kier molecular flexibility index (Phi) is 6.25. The highest BCUT2D eigenvalue weighted by molar-refractivity contribution is 5.81. The Balaban J connectivity index is 1.35. The first kappa shape index (κ1) is 20.7. The lowest BCUT2D eigenvalue weighted by Crippen LogP contribution is -2.49. The standard InChI is InChI=1S/C23H32N4O3/c1-2-26-19-10-6-7-11-20(19)27(23(26)30)16-21(28)25-14-12-18(13-15-25)24-22(29)17-8-4-3-5-9-17/h6-7,10-11,17-18H,2-5,8-9,12-16H2,1H3,(H,24,29). The quantitative estimate of drug-likeness (QED) is 0.820. The lowest BCUT2D eigenvalue weighted by Gasteiger charge is -2.33. The van der Waals surface area contributed by atoms with Gasteiger partial charge in [0.15, 0.2) is 0 Å². The molecule has 0 spiro atoms. The topological polar surface area (TPSA) is 76.3 Å². The first-order valence-electron chi connectivity index (χ1n) is 11.3. The molecule has 0 bridgehead atoms. The molecule has 2 amide bonds. The van der Waals surface area contributed by atoms with Crippen LogP contribution in [-0.2, 0) is 22.7 Å². The lowest BCUT2D eigenvalue weighted by atomic mass is 9.88. The van der Waals surface area contributed by atoms with Gasteiger partial charge >= 0.3 is 5.69 Å². The van der Waals surface area contributed by atoms with Gasteiger partial charge in [-0.05, 0) is 44.7 Å². The number of para-hydroxylation sites is 2. The van der Waals surface area contributed by atoms with E-state index in [9.17, 15) is 14.4 Å². The van der Waals surface area contributed by atoms with Gasteiger partial charge in [-0.2, -0.15) is 0 Å². The highest BCUT2D eigenvalue weighted by Gasteiger charge is 2.28. The number of nitrogens with zero attached hydrogens (tertiary/aromatic N) is 3. The number of amides is 2. The lowest BCUT2D eigenvalue weighted by molar-refractivity contribution is -0.133. The molecule has 1 aromatic carbocycles. The van der Waals surface area contributed by atoms with Crippen molar-refractivity contribution in [3.05, 3.63) is 34.7 Å². The summed E-state index contributed by atoms with van der Waals surface area (Å²) in [5.41, 5.74) is 1.52. The second-order valence-corrected chi connectivity index (χ2v) is 8.60. The summed E-state index contributed by atoms with van der Waals surface area (Å²) in [6.07, 6.45) is 7.10. The van der Waals surface area contributed by atoms with Crippen LogP contribution in [0.3, 0.4) is 0 Å². The smallest absolute Gasteiger partial charge is 0.329 e. The van der Waals surface area contributed by atoms with Crippen molar-refractivity contribution in [2.45, 2.75) is 71.0 Å². The minimum absolute atomic E-state index is 0.0341. The molecule has 4 rings (SSSR count). The van der Waals surface area contributed by atoms with E-state index in [1.54, 1.807) is 9.13 Å². The van der Waals surface area contributed by atoms with Crippen LogP contribution < -0.4 is 11.0 Å². The monoisotopic (exact) mass is 412 g/mol. The van der Waals surface area contributed by atoms with Gasteiger partial charge in [-0.3, -0.25) is 18.7 Å². The van der Waals surface area contributed by atoms with E-state index in [4.69, 9.17) is 0 Å². The molecule has 1 aliphatic heterocycles. The molecule has 30 heavy (non-hydrogen) atoms. The first-order valence-corrected chi connectivity index (χ1v) is 11.3. The van der Waals surface area contributed by atoms with Crippen molar-refractivity contribution in [2.24, 2.45) is 5.92 Å². The number of carbonyl (C=O) groups excluding carboxylic acids is 2. The Bertz CT molecular complexity index is 962. The third kappa shape index (κ3) is 4.16. The molecule has 2 aliphatic rings. The van der Waals surface area contributed by atoms with E-state index >= 15 is 0 Å². The first-order chi connectivity index (χ1) is 14.6. The van der Waals surface area contributed by atoms with Crippen molar-refractivity contribution in [3.63, 3.8) is 0 Å². The average Bonchev–Trinajstić information content (AvgIpc) is 3.05. The predicted molar refractivity (Wildman–Crippen MR) is 116 cm³/mol. The van der Waals surface area contributed by atoms with E-state index in [0.29, 0.717) is 19.6 Å². The van der Waals surface area contributed by atoms with E-state index < -0.39 is 0 Å². The highest BCUT2D eigenvalue weighted by Crippen LogP contribution is 2.24. The molecule has 7 nitrogen and oxygen atoms in total. The summed E-state index contributed by atoms with van der Waals surface area (Å²) in [5.74, 6) is 0.327. The minimum atomic E-state index is -0.137. The van der Waals surface area contributed by atoms with E-state index in [2.05, 4.69) is 5.32 Å². The van der Waals surface area contributed by atoms with Crippen molar-refractivity contribution >= 4 is 22.8 Å². The molecule has 1 aromatic heterocycles. The van der Waals surface area contributed by atoms with Gasteiger partial charge < -0.3 is 10.2 Å².